The number of rotatable bonds is 9. The first-order valence-electron chi connectivity index (χ1n) is 10.5. The van der Waals surface area contributed by atoms with Gasteiger partial charge in [-0.25, -0.2) is 12.7 Å². The van der Waals surface area contributed by atoms with Crippen LogP contribution in [0.1, 0.15) is 38.7 Å². The van der Waals surface area contributed by atoms with Crippen molar-refractivity contribution in [2.45, 2.75) is 51.7 Å². The van der Waals surface area contributed by atoms with Crippen LogP contribution in [0.15, 0.2) is 35.3 Å². The lowest BCUT2D eigenvalue weighted by Gasteiger charge is -2.32. The Morgan fingerprint density at radius 1 is 1.27 bits per heavy atom. The molecule has 2 rings (SSSR count). The van der Waals surface area contributed by atoms with E-state index >= 15 is 0 Å². The van der Waals surface area contributed by atoms with E-state index in [-0.39, 0.29) is 35.8 Å². The average molecular weight is 552 g/mol. The maximum absolute atomic E-state index is 12.2. The van der Waals surface area contributed by atoms with Gasteiger partial charge in [-0.2, -0.15) is 0 Å². The number of piperidine rings is 1. The minimum atomic E-state index is -3.09. The summed E-state index contributed by atoms with van der Waals surface area (Å²) in [6.45, 7) is 6.94. The zero-order valence-electron chi connectivity index (χ0n) is 18.7. The Morgan fingerprint density at radius 2 is 1.90 bits per heavy atom. The average Bonchev–Trinajstić information content (AvgIpc) is 2.71. The molecule has 7 nitrogen and oxygen atoms in total. The van der Waals surface area contributed by atoms with Crippen LogP contribution in [0.3, 0.4) is 0 Å². The molecule has 1 atom stereocenters. The Balaban J connectivity index is 0.00000450. The van der Waals surface area contributed by atoms with Crippen LogP contribution in [-0.2, 0) is 16.6 Å². The van der Waals surface area contributed by atoms with E-state index in [1.165, 1.54) is 5.56 Å². The van der Waals surface area contributed by atoms with Crippen molar-refractivity contribution >= 4 is 40.0 Å². The third-order valence-corrected chi connectivity index (χ3v) is 7.54. The molecule has 30 heavy (non-hydrogen) atoms. The lowest BCUT2D eigenvalue weighted by molar-refractivity contribution is 0.248. The standard InChI is InChI=1S/C21H37N5O2S.HI/c1-5-15-29(27,28)26-13-11-20(12-14-26)24-21(22-3)23-16-18(2)25(4)17-19-9-7-6-8-10-19;/h6-10,18,20H,5,11-17H2,1-4H3,(H2,22,23,24);1H. The van der Waals surface area contributed by atoms with Crippen LogP contribution in [0.25, 0.3) is 0 Å². The fourth-order valence-corrected chi connectivity index (χ4v) is 5.02. The Hall–Kier alpha value is -0.910. The van der Waals surface area contributed by atoms with Crippen molar-refractivity contribution in [3.05, 3.63) is 35.9 Å². The SMILES string of the molecule is CCCS(=O)(=O)N1CCC(NC(=NC)NCC(C)N(C)Cc2ccccc2)CC1.I. The van der Waals surface area contributed by atoms with Crippen molar-refractivity contribution < 1.29 is 8.42 Å². The molecule has 0 saturated carbocycles. The number of hydrogen-bond acceptors (Lipinski definition) is 4. The predicted octanol–water partition coefficient (Wildman–Crippen LogP) is 2.49. The van der Waals surface area contributed by atoms with E-state index in [1.807, 2.05) is 13.0 Å². The monoisotopic (exact) mass is 551 g/mol. The van der Waals surface area contributed by atoms with Crippen molar-refractivity contribution in [3.63, 3.8) is 0 Å². The maximum Gasteiger partial charge on any atom is 0.214 e. The predicted molar refractivity (Wildman–Crippen MR) is 136 cm³/mol. The highest BCUT2D eigenvalue weighted by Crippen LogP contribution is 2.15. The van der Waals surface area contributed by atoms with Crippen molar-refractivity contribution in [2.24, 2.45) is 4.99 Å². The number of nitrogens with zero attached hydrogens (tertiary/aromatic N) is 3. The largest absolute Gasteiger partial charge is 0.355 e. The van der Waals surface area contributed by atoms with Crippen molar-refractivity contribution in [2.75, 3.05) is 39.5 Å². The Kier molecular flexibility index (Phi) is 12.2. The zero-order chi connectivity index (χ0) is 21.3. The molecule has 0 spiro atoms. The molecule has 1 saturated heterocycles. The summed E-state index contributed by atoms with van der Waals surface area (Å²) < 4.78 is 26.0. The second-order valence-corrected chi connectivity index (χ2v) is 9.92. The van der Waals surface area contributed by atoms with Crippen LogP contribution in [0.5, 0.6) is 0 Å². The Labute approximate surface area is 199 Å². The van der Waals surface area contributed by atoms with E-state index in [1.54, 1.807) is 11.4 Å². The van der Waals surface area contributed by atoms with E-state index < -0.39 is 10.0 Å². The summed E-state index contributed by atoms with van der Waals surface area (Å²) >= 11 is 0. The topological polar surface area (TPSA) is 77.0 Å². The van der Waals surface area contributed by atoms with Crippen LogP contribution >= 0.6 is 24.0 Å². The third kappa shape index (κ3) is 8.68. The van der Waals surface area contributed by atoms with Gasteiger partial charge in [0.2, 0.25) is 10.0 Å². The second-order valence-electron chi connectivity index (χ2n) is 7.84. The van der Waals surface area contributed by atoms with Gasteiger partial charge in [0.05, 0.1) is 5.75 Å². The van der Waals surface area contributed by atoms with Gasteiger partial charge in [0, 0.05) is 45.3 Å². The molecule has 172 valence electrons. The molecule has 1 fully saturated rings. The highest BCUT2D eigenvalue weighted by molar-refractivity contribution is 14.0. The molecule has 1 aromatic rings. The summed E-state index contributed by atoms with van der Waals surface area (Å²) in [5.74, 6) is 1.02. The first kappa shape index (κ1) is 27.1. The molecule has 9 heteroatoms. The summed E-state index contributed by atoms with van der Waals surface area (Å²) in [6.07, 6.45) is 2.26. The number of halogens is 1. The van der Waals surface area contributed by atoms with Crippen molar-refractivity contribution in [3.8, 4) is 0 Å². The molecule has 1 aliphatic heterocycles. The number of nitrogens with one attached hydrogen (secondary N) is 2. The molecule has 0 bridgehead atoms. The summed E-state index contributed by atoms with van der Waals surface area (Å²) in [4.78, 5) is 6.65. The third-order valence-electron chi connectivity index (χ3n) is 5.47. The van der Waals surface area contributed by atoms with Crippen LogP contribution in [0.4, 0.5) is 0 Å². The number of aliphatic imine (C=N–C) groups is 1. The van der Waals surface area contributed by atoms with Crippen LogP contribution in [-0.4, -0.2) is 75.1 Å². The highest BCUT2D eigenvalue weighted by atomic mass is 127. The summed E-state index contributed by atoms with van der Waals surface area (Å²) in [6, 6.07) is 11.0. The van der Waals surface area contributed by atoms with Gasteiger partial charge >= 0.3 is 0 Å². The van der Waals surface area contributed by atoms with Gasteiger partial charge in [0.15, 0.2) is 5.96 Å². The van der Waals surface area contributed by atoms with Crippen LogP contribution in [0.2, 0.25) is 0 Å². The molecule has 1 aromatic carbocycles. The summed E-state index contributed by atoms with van der Waals surface area (Å²) in [5.41, 5.74) is 1.30. The summed E-state index contributed by atoms with van der Waals surface area (Å²) in [7, 11) is 0.806. The first-order valence-corrected chi connectivity index (χ1v) is 12.2. The van der Waals surface area contributed by atoms with Gasteiger partial charge in [-0.1, -0.05) is 37.3 Å². The van der Waals surface area contributed by atoms with E-state index in [0.29, 0.717) is 25.6 Å². The van der Waals surface area contributed by atoms with E-state index in [2.05, 4.69) is 58.8 Å². The van der Waals surface area contributed by atoms with E-state index in [4.69, 9.17) is 0 Å². The highest BCUT2D eigenvalue weighted by Gasteiger charge is 2.27. The Morgan fingerprint density at radius 3 is 2.47 bits per heavy atom. The van der Waals surface area contributed by atoms with Gasteiger partial charge in [0.25, 0.3) is 0 Å². The minimum absolute atomic E-state index is 0. The number of guanidine groups is 1. The number of hydrogen-bond donors (Lipinski definition) is 2. The second kappa shape index (κ2) is 13.5. The molecule has 0 aromatic heterocycles. The van der Waals surface area contributed by atoms with Gasteiger partial charge in [-0.05, 0) is 38.8 Å². The van der Waals surface area contributed by atoms with Gasteiger partial charge in [0.1, 0.15) is 0 Å². The normalized spacial score (nSPS) is 17.4. The molecule has 2 N–H and O–H groups in total. The van der Waals surface area contributed by atoms with Gasteiger partial charge < -0.3 is 10.6 Å². The van der Waals surface area contributed by atoms with Crippen LogP contribution < -0.4 is 10.6 Å². The molecular formula is C21H38IN5O2S. The Bertz CT molecular complexity index is 737. The molecule has 0 aliphatic carbocycles. The van der Waals surface area contributed by atoms with Crippen molar-refractivity contribution in [1.29, 1.82) is 0 Å². The zero-order valence-corrected chi connectivity index (χ0v) is 21.8. The molecule has 1 aliphatic rings. The van der Waals surface area contributed by atoms with Gasteiger partial charge in [-0.15, -0.1) is 24.0 Å². The molecule has 1 heterocycles. The van der Waals surface area contributed by atoms with Crippen molar-refractivity contribution in [1.82, 2.24) is 19.8 Å². The molecule has 0 amide bonds. The van der Waals surface area contributed by atoms with Crippen LogP contribution in [0, 0.1) is 0 Å². The lowest BCUT2D eigenvalue weighted by Crippen LogP contribution is -2.51. The number of likely N-dealkylation sites (N-methyl/N-ethyl adjacent to an activating group) is 1. The number of benzene rings is 1. The fraction of sp³-hybridized carbons (Fsp3) is 0.667. The quantitative estimate of drug-likeness (QED) is 0.280. The lowest BCUT2D eigenvalue weighted by atomic mass is 10.1. The van der Waals surface area contributed by atoms with E-state index in [0.717, 1.165) is 31.9 Å². The first-order chi connectivity index (χ1) is 13.9. The van der Waals surface area contributed by atoms with E-state index in [9.17, 15) is 8.42 Å². The molecule has 0 radical (unpaired) electrons. The molecule has 1 unspecified atom stereocenters. The summed E-state index contributed by atoms with van der Waals surface area (Å²) in [5, 5.41) is 6.86. The number of sulfonamides is 1. The maximum atomic E-state index is 12.2. The van der Waals surface area contributed by atoms with Gasteiger partial charge in [-0.3, -0.25) is 9.89 Å². The smallest absolute Gasteiger partial charge is 0.214 e. The molecular weight excluding hydrogens is 513 g/mol. The fourth-order valence-electron chi connectivity index (χ4n) is 3.48. The minimum Gasteiger partial charge on any atom is -0.355 e.